The van der Waals surface area contributed by atoms with Crippen molar-refractivity contribution in [2.24, 2.45) is 5.92 Å². The summed E-state index contributed by atoms with van der Waals surface area (Å²) in [6.45, 7) is 5.20. The van der Waals surface area contributed by atoms with Gasteiger partial charge in [-0.05, 0) is 49.6 Å². The number of methoxy groups -OCH3 is 1. The van der Waals surface area contributed by atoms with Crippen molar-refractivity contribution >= 4 is 22.5 Å². The zero-order chi connectivity index (χ0) is 15.4. The third-order valence-electron chi connectivity index (χ3n) is 4.33. The van der Waals surface area contributed by atoms with Crippen molar-refractivity contribution < 1.29 is 9.53 Å². The highest BCUT2D eigenvalue weighted by molar-refractivity contribution is 7.17. The third kappa shape index (κ3) is 3.86. The lowest BCUT2D eigenvalue weighted by molar-refractivity contribution is 0.192. The molecule has 22 heavy (non-hydrogen) atoms. The van der Waals surface area contributed by atoms with Gasteiger partial charge in [-0.2, -0.15) is 0 Å². The van der Waals surface area contributed by atoms with Gasteiger partial charge >= 0.3 is 6.03 Å². The van der Waals surface area contributed by atoms with Gasteiger partial charge in [0.05, 0.1) is 7.11 Å². The fourth-order valence-corrected chi connectivity index (χ4v) is 3.74. The van der Waals surface area contributed by atoms with Crippen LogP contribution < -0.4 is 10.1 Å². The molecular formula is C14H23N5O2S. The number of ether oxygens (including phenoxy) is 1. The smallest absolute Gasteiger partial charge is 0.323 e. The van der Waals surface area contributed by atoms with Crippen LogP contribution in [0.1, 0.15) is 25.7 Å². The van der Waals surface area contributed by atoms with Gasteiger partial charge in [0.15, 0.2) is 0 Å². The van der Waals surface area contributed by atoms with Gasteiger partial charge in [0.1, 0.15) is 0 Å². The van der Waals surface area contributed by atoms with Gasteiger partial charge in [0, 0.05) is 19.6 Å². The first kappa shape index (κ1) is 15.5. The van der Waals surface area contributed by atoms with Crippen molar-refractivity contribution in [3.63, 3.8) is 0 Å². The molecule has 1 unspecified atom stereocenters. The average Bonchev–Trinajstić information content (AvgIpc) is 3.17. The van der Waals surface area contributed by atoms with Crippen molar-refractivity contribution in [1.29, 1.82) is 0 Å². The zero-order valence-electron chi connectivity index (χ0n) is 13.0. The molecule has 0 saturated carbocycles. The summed E-state index contributed by atoms with van der Waals surface area (Å²) in [4.78, 5) is 16.7. The first-order valence-corrected chi connectivity index (χ1v) is 8.72. The number of carbonyl (C=O) groups excluding carboxylic acids is 1. The number of likely N-dealkylation sites (tertiary alicyclic amines) is 2. The van der Waals surface area contributed by atoms with Gasteiger partial charge in [-0.3, -0.25) is 5.32 Å². The van der Waals surface area contributed by atoms with Gasteiger partial charge in [-0.1, -0.05) is 11.5 Å². The minimum atomic E-state index is -0.0834. The van der Waals surface area contributed by atoms with E-state index in [0.717, 1.165) is 26.1 Å². The van der Waals surface area contributed by atoms with Crippen LogP contribution in [0.4, 0.5) is 9.93 Å². The molecule has 2 aliphatic rings. The molecule has 3 rings (SSSR count). The summed E-state index contributed by atoms with van der Waals surface area (Å²) in [6, 6.07) is -0.0834. The van der Waals surface area contributed by atoms with E-state index in [4.69, 9.17) is 4.74 Å². The molecule has 3 heterocycles. The summed E-state index contributed by atoms with van der Waals surface area (Å²) in [5.74, 6) is 0.591. The SMILES string of the molecule is COc1nnc(NC(=O)N2CCC(CN3CCCCC3)C2)s1. The summed E-state index contributed by atoms with van der Waals surface area (Å²) in [5, 5.41) is 11.4. The number of rotatable bonds is 4. The second-order valence-corrected chi connectivity index (χ2v) is 6.91. The molecule has 2 saturated heterocycles. The van der Waals surface area contributed by atoms with E-state index in [-0.39, 0.29) is 6.03 Å². The molecular weight excluding hydrogens is 302 g/mol. The lowest BCUT2D eigenvalue weighted by Crippen LogP contribution is -2.37. The van der Waals surface area contributed by atoms with Crippen LogP contribution in [0.5, 0.6) is 5.19 Å². The van der Waals surface area contributed by atoms with Crippen LogP contribution in [-0.2, 0) is 0 Å². The van der Waals surface area contributed by atoms with Crippen LogP contribution in [0.3, 0.4) is 0 Å². The summed E-state index contributed by atoms with van der Waals surface area (Å²) in [5.41, 5.74) is 0. The van der Waals surface area contributed by atoms with E-state index in [2.05, 4.69) is 20.4 Å². The van der Waals surface area contributed by atoms with Crippen molar-refractivity contribution in [3.05, 3.63) is 0 Å². The normalized spacial score (nSPS) is 22.8. The maximum atomic E-state index is 12.2. The van der Waals surface area contributed by atoms with Crippen LogP contribution >= 0.6 is 11.3 Å². The van der Waals surface area contributed by atoms with E-state index in [1.165, 1.54) is 50.8 Å². The largest absolute Gasteiger partial charge is 0.472 e. The Kier molecular flexibility index (Phi) is 5.09. The highest BCUT2D eigenvalue weighted by Gasteiger charge is 2.28. The first-order chi connectivity index (χ1) is 10.7. The molecule has 122 valence electrons. The molecule has 8 heteroatoms. The van der Waals surface area contributed by atoms with Crippen LogP contribution in [0.25, 0.3) is 0 Å². The predicted molar refractivity (Wildman–Crippen MR) is 85.5 cm³/mol. The Hall–Kier alpha value is -1.41. The first-order valence-electron chi connectivity index (χ1n) is 7.90. The van der Waals surface area contributed by atoms with Crippen molar-refractivity contribution in [3.8, 4) is 5.19 Å². The van der Waals surface area contributed by atoms with Gasteiger partial charge < -0.3 is 14.5 Å². The van der Waals surface area contributed by atoms with E-state index in [1.807, 2.05) is 4.90 Å². The van der Waals surface area contributed by atoms with Gasteiger partial charge in [-0.15, -0.1) is 5.10 Å². The minimum Gasteiger partial charge on any atom is -0.472 e. The van der Waals surface area contributed by atoms with Crippen LogP contribution in [0, 0.1) is 5.92 Å². The lowest BCUT2D eigenvalue weighted by atomic mass is 10.1. The number of nitrogens with one attached hydrogen (secondary N) is 1. The number of aromatic nitrogens is 2. The highest BCUT2D eigenvalue weighted by Crippen LogP contribution is 2.24. The van der Waals surface area contributed by atoms with Crippen molar-refractivity contribution in [1.82, 2.24) is 20.0 Å². The van der Waals surface area contributed by atoms with Crippen LogP contribution in [0.15, 0.2) is 0 Å². The molecule has 1 atom stereocenters. The van der Waals surface area contributed by atoms with E-state index < -0.39 is 0 Å². The fourth-order valence-electron chi connectivity index (χ4n) is 3.19. The van der Waals surface area contributed by atoms with Crippen molar-refractivity contribution in [2.75, 3.05) is 45.2 Å². The highest BCUT2D eigenvalue weighted by atomic mass is 32.1. The molecule has 1 aromatic rings. The standard InChI is InChI=1S/C14H23N5O2S/c1-21-14-17-16-12(22-14)15-13(20)19-8-5-11(10-19)9-18-6-3-2-4-7-18/h11H,2-10H2,1H3,(H,15,16,20). The Bertz CT molecular complexity index is 503. The second kappa shape index (κ2) is 7.23. The van der Waals surface area contributed by atoms with Gasteiger partial charge in [0.25, 0.3) is 5.19 Å². The Labute approximate surface area is 134 Å². The molecule has 2 fully saturated rings. The molecule has 0 radical (unpaired) electrons. The maximum absolute atomic E-state index is 12.2. The number of urea groups is 1. The average molecular weight is 325 g/mol. The predicted octanol–water partition coefficient (Wildman–Crippen LogP) is 1.89. The topological polar surface area (TPSA) is 70.6 Å². The number of anilines is 1. The number of piperidine rings is 1. The lowest BCUT2D eigenvalue weighted by Gasteiger charge is -2.28. The van der Waals surface area contributed by atoms with E-state index in [0.29, 0.717) is 16.2 Å². The van der Waals surface area contributed by atoms with E-state index >= 15 is 0 Å². The zero-order valence-corrected chi connectivity index (χ0v) is 13.8. The number of hydrogen-bond donors (Lipinski definition) is 1. The van der Waals surface area contributed by atoms with Crippen molar-refractivity contribution in [2.45, 2.75) is 25.7 Å². The number of hydrogen-bond acceptors (Lipinski definition) is 6. The summed E-state index contributed by atoms with van der Waals surface area (Å²) in [7, 11) is 1.54. The van der Waals surface area contributed by atoms with E-state index in [9.17, 15) is 4.79 Å². The maximum Gasteiger partial charge on any atom is 0.323 e. The molecule has 0 bridgehead atoms. The number of carbonyl (C=O) groups is 1. The monoisotopic (exact) mass is 325 g/mol. The Morgan fingerprint density at radius 1 is 1.32 bits per heavy atom. The van der Waals surface area contributed by atoms with Gasteiger partial charge in [-0.25, -0.2) is 4.79 Å². The van der Waals surface area contributed by atoms with Crippen LogP contribution in [0.2, 0.25) is 0 Å². The fraction of sp³-hybridized carbons (Fsp3) is 0.786. The quantitative estimate of drug-likeness (QED) is 0.915. The summed E-state index contributed by atoms with van der Waals surface area (Å²) in [6.07, 6.45) is 5.08. The Morgan fingerprint density at radius 3 is 2.86 bits per heavy atom. The molecule has 2 aliphatic heterocycles. The molecule has 1 aromatic heterocycles. The molecule has 7 nitrogen and oxygen atoms in total. The molecule has 0 spiro atoms. The van der Waals surface area contributed by atoms with E-state index in [1.54, 1.807) is 0 Å². The summed E-state index contributed by atoms with van der Waals surface area (Å²) >= 11 is 1.24. The van der Waals surface area contributed by atoms with Gasteiger partial charge in [0.2, 0.25) is 5.13 Å². The molecule has 0 aliphatic carbocycles. The van der Waals surface area contributed by atoms with Crippen LogP contribution in [-0.4, -0.2) is 65.9 Å². The number of nitrogens with zero attached hydrogens (tertiary/aromatic N) is 4. The Morgan fingerprint density at radius 2 is 2.14 bits per heavy atom. The number of amides is 2. The molecule has 0 aromatic carbocycles. The molecule has 1 N–H and O–H groups in total. The minimum absolute atomic E-state index is 0.0834. The Balaban J connectivity index is 1.45. The second-order valence-electron chi connectivity index (χ2n) is 5.97. The third-order valence-corrected chi connectivity index (χ3v) is 5.13. The molecule has 2 amide bonds. The summed E-state index contributed by atoms with van der Waals surface area (Å²) < 4.78 is 4.98.